The summed E-state index contributed by atoms with van der Waals surface area (Å²) in [5, 5.41) is 28.4. The lowest BCUT2D eigenvalue weighted by Gasteiger charge is -2.21. The largest absolute Gasteiger partial charge is 0.507 e. The van der Waals surface area contributed by atoms with Crippen LogP contribution in [0, 0.1) is 0 Å². The van der Waals surface area contributed by atoms with Gasteiger partial charge in [-0.2, -0.15) is 0 Å². The first-order chi connectivity index (χ1) is 9.43. The first kappa shape index (κ1) is 14.1. The lowest BCUT2D eigenvalue weighted by atomic mass is 10.1. The Kier molecular flexibility index (Phi) is 3.80. The third-order valence-corrected chi connectivity index (χ3v) is 3.26. The predicted molar refractivity (Wildman–Crippen MR) is 67.7 cm³/mol. The number of amides is 1. The molecule has 2 rings (SSSR count). The number of β-amino-alcohol motifs (C(OH)–C–C–N with tert-alkyl or cyclic N) is 1. The molecular formula is C13H15NO6. The Hall–Kier alpha value is -2.28. The highest BCUT2D eigenvalue weighted by Crippen LogP contribution is 2.27. The van der Waals surface area contributed by atoms with Crippen LogP contribution in [0.4, 0.5) is 0 Å². The van der Waals surface area contributed by atoms with Gasteiger partial charge in [0, 0.05) is 13.0 Å². The number of aliphatic hydroxyl groups is 1. The number of hydrogen-bond acceptors (Lipinski definition) is 5. The molecule has 7 nitrogen and oxygen atoms in total. The molecule has 0 radical (unpaired) electrons. The fourth-order valence-electron chi connectivity index (χ4n) is 2.24. The molecule has 0 saturated carbocycles. The molecule has 0 unspecified atom stereocenters. The molecule has 108 valence electrons. The third-order valence-electron chi connectivity index (χ3n) is 3.26. The fraction of sp³-hybridized carbons (Fsp3) is 0.385. The minimum Gasteiger partial charge on any atom is -0.507 e. The number of benzene rings is 1. The number of nitrogens with zero attached hydrogens (tertiary/aromatic N) is 1. The van der Waals surface area contributed by atoms with Gasteiger partial charge in [-0.3, -0.25) is 4.79 Å². The quantitative estimate of drug-likeness (QED) is 0.723. The standard InChI is InChI=1S/C13H15NO6/c1-20-8-2-3-11(16)9(5-8)12(17)14-6-7(15)4-10(14)13(18)19/h2-3,5,7,10,15-16H,4,6H2,1H3,(H,18,19)/t7-,10+/m1/s1. The van der Waals surface area contributed by atoms with Crippen molar-refractivity contribution in [3.63, 3.8) is 0 Å². The maximum absolute atomic E-state index is 12.3. The van der Waals surface area contributed by atoms with E-state index in [1.54, 1.807) is 0 Å². The van der Waals surface area contributed by atoms with E-state index in [4.69, 9.17) is 9.84 Å². The van der Waals surface area contributed by atoms with Gasteiger partial charge < -0.3 is 25.0 Å². The number of phenols is 1. The molecule has 20 heavy (non-hydrogen) atoms. The Morgan fingerprint density at radius 3 is 2.70 bits per heavy atom. The zero-order valence-corrected chi connectivity index (χ0v) is 10.8. The van der Waals surface area contributed by atoms with Crippen LogP contribution in [0.2, 0.25) is 0 Å². The second kappa shape index (κ2) is 5.38. The first-order valence-corrected chi connectivity index (χ1v) is 6.03. The number of carboxylic acid groups (broad SMARTS) is 1. The van der Waals surface area contributed by atoms with E-state index in [1.165, 1.54) is 25.3 Å². The van der Waals surface area contributed by atoms with Crippen molar-refractivity contribution >= 4 is 11.9 Å². The molecule has 7 heteroatoms. The SMILES string of the molecule is COc1ccc(O)c(C(=O)N2C[C@H](O)C[C@H]2C(=O)O)c1. The maximum Gasteiger partial charge on any atom is 0.326 e. The summed E-state index contributed by atoms with van der Waals surface area (Å²) in [7, 11) is 1.42. The molecule has 0 aromatic heterocycles. The Labute approximate surface area is 115 Å². The molecule has 1 aromatic carbocycles. The van der Waals surface area contributed by atoms with Gasteiger partial charge in [-0.25, -0.2) is 4.79 Å². The molecule has 1 aromatic rings. The van der Waals surface area contributed by atoms with Gasteiger partial charge in [0.2, 0.25) is 0 Å². The van der Waals surface area contributed by atoms with Crippen molar-refractivity contribution < 1.29 is 29.6 Å². The molecule has 0 aliphatic carbocycles. The van der Waals surface area contributed by atoms with Crippen LogP contribution < -0.4 is 4.74 Å². The van der Waals surface area contributed by atoms with Crippen molar-refractivity contribution in [2.75, 3.05) is 13.7 Å². The van der Waals surface area contributed by atoms with Crippen LogP contribution in [-0.4, -0.2) is 57.9 Å². The summed E-state index contributed by atoms with van der Waals surface area (Å²) >= 11 is 0. The zero-order valence-electron chi connectivity index (χ0n) is 10.8. The fourth-order valence-corrected chi connectivity index (χ4v) is 2.24. The van der Waals surface area contributed by atoms with Crippen molar-refractivity contribution in [1.82, 2.24) is 4.90 Å². The number of aliphatic carboxylic acids is 1. The van der Waals surface area contributed by atoms with E-state index in [-0.39, 0.29) is 24.3 Å². The van der Waals surface area contributed by atoms with Crippen LogP contribution in [-0.2, 0) is 4.79 Å². The minimum absolute atomic E-state index is 0.0220. The highest BCUT2D eigenvalue weighted by atomic mass is 16.5. The minimum atomic E-state index is -1.18. The summed E-state index contributed by atoms with van der Waals surface area (Å²) in [6.07, 6.45) is -0.904. The van der Waals surface area contributed by atoms with Crippen molar-refractivity contribution in [2.24, 2.45) is 0 Å². The summed E-state index contributed by atoms with van der Waals surface area (Å²) in [5.74, 6) is -1.72. The number of aliphatic hydroxyl groups excluding tert-OH is 1. The molecule has 1 fully saturated rings. The highest BCUT2D eigenvalue weighted by Gasteiger charge is 2.39. The molecule has 0 spiro atoms. The van der Waals surface area contributed by atoms with Gasteiger partial charge in [0.1, 0.15) is 17.5 Å². The molecule has 3 N–H and O–H groups in total. The average molecular weight is 281 g/mol. The lowest BCUT2D eigenvalue weighted by Crippen LogP contribution is -2.40. The van der Waals surface area contributed by atoms with Gasteiger partial charge in [-0.1, -0.05) is 0 Å². The summed E-state index contributed by atoms with van der Waals surface area (Å²) < 4.78 is 4.97. The van der Waals surface area contributed by atoms with Crippen LogP contribution in [0.15, 0.2) is 18.2 Å². The Morgan fingerprint density at radius 2 is 2.10 bits per heavy atom. The number of rotatable bonds is 3. The number of likely N-dealkylation sites (tertiary alicyclic amines) is 1. The molecular weight excluding hydrogens is 266 g/mol. The number of ether oxygens (including phenoxy) is 1. The van der Waals surface area contributed by atoms with E-state index in [0.717, 1.165) is 4.90 Å². The smallest absolute Gasteiger partial charge is 0.326 e. The number of phenolic OH excluding ortho intramolecular Hbond substituents is 1. The van der Waals surface area contributed by atoms with E-state index in [0.29, 0.717) is 5.75 Å². The zero-order chi connectivity index (χ0) is 14.9. The first-order valence-electron chi connectivity index (χ1n) is 6.03. The Morgan fingerprint density at radius 1 is 1.40 bits per heavy atom. The number of aromatic hydroxyl groups is 1. The summed E-state index contributed by atoms with van der Waals surface area (Å²) in [6.45, 7) is -0.0769. The highest BCUT2D eigenvalue weighted by molar-refractivity contribution is 5.99. The Bertz CT molecular complexity index is 544. The van der Waals surface area contributed by atoms with Gasteiger partial charge in [-0.05, 0) is 18.2 Å². The number of methoxy groups -OCH3 is 1. The molecule has 1 aliphatic heterocycles. The third kappa shape index (κ3) is 2.53. The van der Waals surface area contributed by atoms with Gasteiger partial charge >= 0.3 is 5.97 Å². The summed E-state index contributed by atoms with van der Waals surface area (Å²) in [5.41, 5.74) is -0.0512. The van der Waals surface area contributed by atoms with Gasteiger partial charge in [-0.15, -0.1) is 0 Å². The second-order valence-corrected chi connectivity index (χ2v) is 4.58. The van der Waals surface area contributed by atoms with E-state index in [1.807, 2.05) is 0 Å². The molecule has 0 bridgehead atoms. The van der Waals surface area contributed by atoms with E-state index < -0.39 is 24.0 Å². The molecule has 2 atom stereocenters. The van der Waals surface area contributed by atoms with Crippen molar-refractivity contribution in [3.8, 4) is 11.5 Å². The number of carboxylic acids is 1. The van der Waals surface area contributed by atoms with Crippen molar-refractivity contribution in [2.45, 2.75) is 18.6 Å². The lowest BCUT2D eigenvalue weighted by molar-refractivity contribution is -0.141. The second-order valence-electron chi connectivity index (χ2n) is 4.58. The number of carbonyl (C=O) groups is 2. The van der Waals surface area contributed by atoms with Crippen molar-refractivity contribution in [1.29, 1.82) is 0 Å². The van der Waals surface area contributed by atoms with Crippen LogP contribution in [0.5, 0.6) is 11.5 Å². The summed E-state index contributed by atoms with van der Waals surface area (Å²) in [6, 6.07) is 3.03. The van der Waals surface area contributed by atoms with Crippen LogP contribution >= 0.6 is 0 Å². The van der Waals surface area contributed by atoms with Crippen LogP contribution in [0.3, 0.4) is 0 Å². The molecule has 1 aliphatic rings. The van der Waals surface area contributed by atoms with Gasteiger partial charge in [0.15, 0.2) is 0 Å². The summed E-state index contributed by atoms with van der Waals surface area (Å²) in [4.78, 5) is 24.5. The Balaban J connectivity index is 2.33. The van der Waals surface area contributed by atoms with E-state index in [2.05, 4.69) is 0 Å². The van der Waals surface area contributed by atoms with E-state index in [9.17, 15) is 19.8 Å². The number of carbonyl (C=O) groups excluding carboxylic acids is 1. The van der Waals surface area contributed by atoms with Gasteiger partial charge in [0.05, 0.1) is 18.8 Å². The molecule has 1 amide bonds. The van der Waals surface area contributed by atoms with Crippen molar-refractivity contribution in [3.05, 3.63) is 23.8 Å². The maximum atomic E-state index is 12.3. The van der Waals surface area contributed by atoms with E-state index >= 15 is 0 Å². The predicted octanol–water partition coefficient (Wildman–Crippen LogP) is 0.0608. The molecule has 1 heterocycles. The topological polar surface area (TPSA) is 107 Å². The normalized spacial score (nSPS) is 21.8. The van der Waals surface area contributed by atoms with Crippen LogP contribution in [0.25, 0.3) is 0 Å². The van der Waals surface area contributed by atoms with Gasteiger partial charge in [0.25, 0.3) is 5.91 Å². The number of hydrogen-bond donors (Lipinski definition) is 3. The average Bonchev–Trinajstić information content (AvgIpc) is 2.81. The van der Waals surface area contributed by atoms with Crippen LogP contribution in [0.1, 0.15) is 16.8 Å². The monoisotopic (exact) mass is 281 g/mol. The molecule has 1 saturated heterocycles.